The molecule has 0 saturated heterocycles. The Morgan fingerprint density at radius 2 is 1.95 bits per heavy atom. The third-order valence-corrected chi connectivity index (χ3v) is 4.07. The van der Waals surface area contributed by atoms with Crippen molar-refractivity contribution in [3.63, 3.8) is 0 Å². The van der Waals surface area contributed by atoms with E-state index in [9.17, 15) is 0 Å². The minimum absolute atomic E-state index is 0.313. The second-order valence-corrected chi connectivity index (χ2v) is 6.38. The predicted octanol–water partition coefficient (Wildman–Crippen LogP) is 4.18. The fourth-order valence-electron chi connectivity index (χ4n) is 2.77. The first-order valence-corrected chi connectivity index (χ1v) is 8.36. The highest BCUT2D eigenvalue weighted by Gasteiger charge is 2.15. The number of likely N-dealkylation sites (N-methyl/N-ethyl adjacent to an activating group) is 1. The van der Waals surface area contributed by atoms with Gasteiger partial charge in [-0.25, -0.2) is 0 Å². The minimum atomic E-state index is 0.313. The number of rotatable bonds is 6. The van der Waals surface area contributed by atoms with Crippen molar-refractivity contribution in [3.05, 3.63) is 51.3 Å². The molecule has 4 heteroatoms. The lowest BCUT2D eigenvalue weighted by Crippen LogP contribution is -2.24. The van der Waals surface area contributed by atoms with Crippen LogP contribution in [0.1, 0.15) is 42.4 Å². The third-order valence-electron chi connectivity index (χ3n) is 3.62. The zero-order valence-corrected chi connectivity index (χ0v) is 14.9. The molecule has 2 aromatic rings. The molecular formula is C17H24BrN3. The first-order chi connectivity index (χ1) is 10.0. The quantitative estimate of drug-likeness (QED) is 0.847. The predicted molar refractivity (Wildman–Crippen MR) is 91.6 cm³/mol. The summed E-state index contributed by atoms with van der Waals surface area (Å²) in [4.78, 5) is 0. The van der Waals surface area contributed by atoms with Crippen LogP contribution in [0.5, 0.6) is 0 Å². The Balaban J connectivity index is 2.30. The van der Waals surface area contributed by atoms with Crippen LogP contribution in [0.2, 0.25) is 0 Å². The molecule has 0 spiro atoms. The van der Waals surface area contributed by atoms with E-state index in [4.69, 9.17) is 0 Å². The Labute approximate surface area is 135 Å². The normalized spacial score (nSPS) is 12.6. The molecule has 2 rings (SSSR count). The SMILES string of the molecule is CCNC(Cc1cc(C)nn1CC)c1cc(C)cc(Br)c1. The molecule has 0 saturated carbocycles. The number of aromatic nitrogens is 2. The van der Waals surface area contributed by atoms with Gasteiger partial charge < -0.3 is 5.32 Å². The van der Waals surface area contributed by atoms with Crippen LogP contribution in [0.25, 0.3) is 0 Å². The van der Waals surface area contributed by atoms with Gasteiger partial charge in [-0.1, -0.05) is 28.9 Å². The van der Waals surface area contributed by atoms with Gasteiger partial charge in [0.2, 0.25) is 0 Å². The molecule has 0 aliphatic rings. The van der Waals surface area contributed by atoms with Crippen LogP contribution >= 0.6 is 15.9 Å². The lowest BCUT2D eigenvalue weighted by molar-refractivity contribution is 0.516. The van der Waals surface area contributed by atoms with Crippen molar-refractivity contribution in [3.8, 4) is 0 Å². The van der Waals surface area contributed by atoms with E-state index in [-0.39, 0.29) is 0 Å². The van der Waals surface area contributed by atoms with Crippen LogP contribution in [0.3, 0.4) is 0 Å². The Hall–Kier alpha value is -1.13. The molecule has 1 heterocycles. The lowest BCUT2D eigenvalue weighted by atomic mass is 10.00. The molecule has 3 nitrogen and oxygen atoms in total. The molecule has 1 atom stereocenters. The zero-order chi connectivity index (χ0) is 15.4. The van der Waals surface area contributed by atoms with Gasteiger partial charge in [-0.05, 0) is 56.6 Å². The molecule has 0 fully saturated rings. The van der Waals surface area contributed by atoms with Crippen LogP contribution < -0.4 is 5.32 Å². The van der Waals surface area contributed by atoms with Gasteiger partial charge in [-0.2, -0.15) is 5.10 Å². The summed E-state index contributed by atoms with van der Waals surface area (Å²) in [5.41, 5.74) is 4.98. The molecule has 0 bridgehead atoms. The molecule has 1 N–H and O–H groups in total. The first kappa shape index (κ1) is 16.2. The van der Waals surface area contributed by atoms with Gasteiger partial charge in [0.05, 0.1) is 5.69 Å². The number of halogens is 1. The van der Waals surface area contributed by atoms with Gasteiger partial charge in [-0.3, -0.25) is 4.68 Å². The topological polar surface area (TPSA) is 29.9 Å². The second-order valence-electron chi connectivity index (χ2n) is 5.47. The number of benzene rings is 1. The maximum absolute atomic E-state index is 4.55. The van der Waals surface area contributed by atoms with Gasteiger partial charge in [-0.15, -0.1) is 0 Å². The van der Waals surface area contributed by atoms with E-state index in [2.05, 4.69) is 83.0 Å². The fraction of sp³-hybridized carbons (Fsp3) is 0.471. The van der Waals surface area contributed by atoms with Crippen molar-refractivity contribution < 1.29 is 0 Å². The number of aryl methyl sites for hydroxylation is 3. The average molecular weight is 350 g/mol. The smallest absolute Gasteiger partial charge is 0.0596 e. The molecule has 114 valence electrons. The summed E-state index contributed by atoms with van der Waals surface area (Å²) >= 11 is 3.60. The van der Waals surface area contributed by atoms with Crippen molar-refractivity contribution in [2.24, 2.45) is 0 Å². The van der Waals surface area contributed by atoms with Gasteiger partial charge in [0.1, 0.15) is 0 Å². The Morgan fingerprint density at radius 3 is 2.57 bits per heavy atom. The van der Waals surface area contributed by atoms with E-state index in [0.29, 0.717) is 6.04 Å². The molecule has 1 aromatic heterocycles. The van der Waals surface area contributed by atoms with Crippen LogP contribution in [0.4, 0.5) is 0 Å². The molecule has 1 aromatic carbocycles. The van der Waals surface area contributed by atoms with Crippen LogP contribution in [0.15, 0.2) is 28.7 Å². The van der Waals surface area contributed by atoms with Crippen molar-refractivity contribution in [1.29, 1.82) is 0 Å². The lowest BCUT2D eigenvalue weighted by Gasteiger charge is -2.20. The number of nitrogens with one attached hydrogen (secondary N) is 1. The highest BCUT2D eigenvalue weighted by Crippen LogP contribution is 2.24. The summed E-state index contributed by atoms with van der Waals surface area (Å²) in [6.07, 6.45) is 0.957. The summed E-state index contributed by atoms with van der Waals surface area (Å²) in [7, 11) is 0. The van der Waals surface area contributed by atoms with Gasteiger partial charge in [0.15, 0.2) is 0 Å². The third kappa shape index (κ3) is 4.17. The Bertz CT molecular complexity index is 584. The number of hydrogen-bond donors (Lipinski definition) is 1. The summed E-state index contributed by atoms with van der Waals surface area (Å²) in [6, 6.07) is 9.12. The van der Waals surface area contributed by atoms with Crippen LogP contribution in [-0.2, 0) is 13.0 Å². The maximum atomic E-state index is 4.55. The summed E-state index contributed by atoms with van der Waals surface area (Å²) < 4.78 is 3.24. The van der Waals surface area contributed by atoms with Gasteiger partial charge >= 0.3 is 0 Å². The standard InChI is InChI=1S/C17H24BrN3/c1-5-19-17(14-7-12(3)8-15(18)10-14)11-16-9-13(4)20-21(16)6-2/h7-10,17,19H,5-6,11H2,1-4H3. The fourth-order valence-corrected chi connectivity index (χ4v) is 3.39. The molecular weight excluding hydrogens is 326 g/mol. The largest absolute Gasteiger partial charge is 0.310 e. The van der Waals surface area contributed by atoms with Gasteiger partial charge in [0.25, 0.3) is 0 Å². The zero-order valence-electron chi connectivity index (χ0n) is 13.3. The minimum Gasteiger partial charge on any atom is -0.310 e. The van der Waals surface area contributed by atoms with Crippen LogP contribution in [0, 0.1) is 13.8 Å². The van der Waals surface area contributed by atoms with E-state index >= 15 is 0 Å². The highest BCUT2D eigenvalue weighted by atomic mass is 79.9. The Kier molecular flexibility index (Phi) is 5.59. The van der Waals surface area contributed by atoms with Crippen molar-refractivity contribution in [2.45, 2.75) is 46.7 Å². The summed E-state index contributed by atoms with van der Waals surface area (Å²) in [5.74, 6) is 0. The molecule has 21 heavy (non-hydrogen) atoms. The number of hydrogen-bond acceptors (Lipinski definition) is 2. The maximum Gasteiger partial charge on any atom is 0.0596 e. The average Bonchev–Trinajstić information content (AvgIpc) is 2.77. The van der Waals surface area contributed by atoms with Crippen molar-refractivity contribution in [2.75, 3.05) is 6.54 Å². The van der Waals surface area contributed by atoms with Crippen molar-refractivity contribution >= 4 is 15.9 Å². The molecule has 0 amide bonds. The summed E-state index contributed by atoms with van der Waals surface area (Å²) in [5, 5.41) is 8.15. The Morgan fingerprint density at radius 1 is 1.19 bits per heavy atom. The second kappa shape index (κ2) is 7.23. The van der Waals surface area contributed by atoms with E-state index in [0.717, 1.165) is 29.7 Å². The molecule has 0 radical (unpaired) electrons. The molecule has 0 aliphatic heterocycles. The van der Waals surface area contributed by atoms with E-state index < -0.39 is 0 Å². The van der Waals surface area contributed by atoms with Crippen molar-refractivity contribution in [1.82, 2.24) is 15.1 Å². The first-order valence-electron chi connectivity index (χ1n) is 7.57. The summed E-state index contributed by atoms with van der Waals surface area (Å²) in [6.45, 7) is 10.4. The molecule has 0 aliphatic carbocycles. The van der Waals surface area contributed by atoms with E-state index in [1.807, 2.05) is 0 Å². The number of nitrogens with zero attached hydrogens (tertiary/aromatic N) is 2. The van der Waals surface area contributed by atoms with Gasteiger partial charge in [0, 0.05) is 29.2 Å². The van der Waals surface area contributed by atoms with E-state index in [1.165, 1.54) is 16.8 Å². The molecule has 1 unspecified atom stereocenters. The van der Waals surface area contributed by atoms with Crippen LogP contribution in [-0.4, -0.2) is 16.3 Å². The monoisotopic (exact) mass is 349 g/mol. The highest BCUT2D eigenvalue weighted by molar-refractivity contribution is 9.10. The van der Waals surface area contributed by atoms with E-state index in [1.54, 1.807) is 0 Å².